The highest BCUT2D eigenvalue weighted by Gasteiger charge is 2.35. The number of para-hydroxylation sites is 1. The van der Waals surface area contributed by atoms with Crippen LogP contribution in [0.4, 0.5) is 17.1 Å². The number of nitro groups is 1. The monoisotopic (exact) mass is 742 g/mol. The lowest BCUT2D eigenvalue weighted by Crippen LogP contribution is -2.58. The molecule has 6 amide bonds. The molecule has 4 rings (SSSR count). The van der Waals surface area contributed by atoms with Crippen LogP contribution in [0.5, 0.6) is 0 Å². The molecule has 1 heterocycles. The molecule has 16 heteroatoms. The van der Waals surface area contributed by atoms with E-state index in [4.69, 9.17) is 0 Å². The van der Waals surface area contributed by atoms with Crippen LogP contribution in [0.25, 0.3) is 0 Å². The average Bonchev–Trinajstić information content (AvgIpc) is 3.65. The molecule has 1 saturated heterocycles. The van der Waals surface area contributed by atoms with Gasteiger partial charge in [0.1, 0.15) is 18.1 Å². The normalized spacial score (nSPS) is 15.3. The van der Waals surface area contributed by atoms with Crippen LogP contribution in [-0.4, -0.2) is 82.6 Å². The third-order valence-corrected chi connectivity index (χ3v) is 8.64. The van der Waals surface area contributed by atoms with Gasteiger partial charge in [0.05, 0.1) is 11.5 Å². The minimum absolute atomic E-state index is 0.00994. The fraction of sp³-hybridized carbons (Fsp3) is 0.368. The van der Waals surface area contributed by atoms with Gasteiger partial charge >= 0.3 is 0 Å². The molecule has 4 atom stereocenters. The number of nitrogens with one attached hydrogen (secondary N) is 6. The van der Waals surface area contributed by atoms with E-state index in [1.165, 1.54) is 36.1 Å². The number of rotatable bonds is 17. The first kappa shape index (κ1) is 40.5. The smallest absolute Gasteiger partial charge is 0.269 e. The molecule has 1 aliphatic rings. The largest absolute Gasteiger partial charge is 0.358 e. The molecule has 1 fully saturated rings. The minimum Gasteiger partial charge on any atom is -0.358 e. The summed E-state index contributed by atoms with van der Waals surface area (Å²) in [6.45, 7) is 4.99. The van der Waals surface area contributed by atoms with E-state index in [9.17, 15) is 38.9 Å². The quantitative estimate of drug-likeness (QED) is 0.0679. The number of carbonyl (C=O) groups excluding carboxylic acids is 6. The summed E-state index contributed by atoms with van der Waals surface area (Å²) in [6, 6.07) is 20.0. The number of hydrogen-bond acceptors (Lipinski definition) is 9. The zero-order chi connectivity index (χ0) is 39.2. The summed E-state index contributed by atoms with van der Waals surface area (Å²) >= 11 is 0. The lowest BCUT2D eigenvalue weighted by atomic mass is 10.0. The topological polar surface area (TPSA) is 221 Å². The van der Waals surface area contributed by atoms with E-state index >= 15 is 0 Å². The molecule has 16 nitrogen and oxygen atoms in total. The number of carbonyl (C=O) groups is 6. The van der Waals surface area contributed by atoms with Crippen LogP contribution < -0.4 is 31.9 Å². The molecule has 54 heavy (non-hydrogen) atoms. The second-order valence-corrected chi connectivity index (χ2v) is 13.3. The molecule has 0 saturated carbocycles. The molecule has 0 aliphatic carbocycles. The fourth-order valence-corrected chi connectivity index (χ4v) is 5.97. The molecule has 0 bridgehead atoms. The molecule has 3 aromatic rings. The third-order valence-electron chi connectivity index (χ3n) is 8.64. The third kappa shape index (κ3) is 12.1. The Morgan fingerprint density at radius 2 is 1.44 bits per heavy atom. The molecule has 0 unspecified atom stereocenters. The van der Waals surface area contributed by atoms with E-state index in [0.717, 1.165) is 5.56 Å². The summed E-state index contributed by atoms with van der Waals surface area (Å²) in [4.78, 5) is 91.2. The molecule has 286 valence electrons. The molecule has 6 N–H and O–H groups in total. The molecular weight excluding hydrogens is 696 g/mol. The van der Waals surface area contributed by atoms with Gasteiger partial charge in [-0.15, -0.1) is 0 Å². The number of nitrogens with zero attached hydrogens (tertiary/aromatic N) is 2. The second kappa shape index (κ2) is 19.5. The van der Waals surface area contributed by atoms with Gasteiger partial charge < -0.3 is 36.8 Å². The maximum absolute atomic E-state index is 13.9. The van der Waals surface area contributed by atoms with Crippen molar-refractivity contribution in [2.24, 2.45) is 5.92 Å². The molecule has 0 radical (unpaired) electrons. The molecule has 1 aliphatic heterocycles. The molecular formula is C38H46N8O8. The van der Waals surface area contributed by atoms with Gasteiger partial charge in [0, 0.05) is 43.4 Å². The van der Waals surface area contributed by atoms with Crippen LogP contribution in [0.1, 0.15) is 45.6 Å². The van der Waals surface area contributed by atoms with E-state index in [-0.39, 0.29) is 36.0 Å². The van der Waals surface area contributed by atoms with Gasteiger partial charge in [0.2, 0.25) is 29.5 Å². The lowest BCUT2D eigenvalue weighted by molar-refractivity contribution is -0.384. The summed E-state index contributed by atoms with van der Waals surface area (Å²) in [7, 11) is 0. The van der Waals surface area contributed by atoms with Crippen molar-refractivity contribution < 1.29 is 33.7 Å². The van der Waals surface area contributed by atoms with Crippen LogP contribution in [0, 0.1) is 16.0 Å². The van der Waals surface area contributed by atoms with Gasteiger partial charge in [0.25, 0.3) is 11.6 Å². The van der Waals surface area contributed by atoms with E-state index < -0.39 is 65.3 Å². The number of anilines is 2. The Morgan fingerprint density at radius 3 is 2.06 bits per heavy atom. The van der Waals surface area contributed by atoms with E-state index in [1.807, 2.05) is 19.9 Å². The lowest BCUT2D eigenvalue weighted by Gasteiger charge is -2.26. The van der Waals surface area contributed by atoms with Crippen molar-refractivity contribution in [3.63, 3.8) is 0 Å². The van der Waals surface area contributed by atoms with Gasteiger partial charge in [-0.3, -0.25) is 38.9 Å². The summed E-state index contributed by atoms with van der Waals surface area (Å²) in [5.41, 5.74) is 1.30. The van der Waals surface area contributed by atoms with Gasteiger partial charge in [-0.25, -0.2) is 0 Å². The van der Waals surface area contributed by atoms with Crippen molar-refractivity contribution in [2.45, 2.75) is 70.7 Å². The number of amides is 6. The average molecular weight is 743 g/mol. The van der Waals surface area contributed by atoms with Crippen molar-refractivity contribution >= 4 is 52.5 Å². The van der Waals surface area contributed by atoms with Crippen LogP contribution in [0.2, 0.25) is 0 Å². The maximum atomic E-state index is 13.9. The Hall–Kier alpha value is -6.32. The molecule has 3 aromatic carbocycles. The predicted octanol–water partition coefficient (Wildman–Crippen LogP) is 2.47. The zero-order valence-electron chi connectivity index (χ0n) is 30.4. The first-order valence-corrected chi connectivity index (χ1v) is 17.7. The first-order valence-electron chi connectivity index (χ1n) is 17.7. The highest BCUT2D eigenvalue weighted by atomic mass is 16.6. The second-order valence-electron chi connectivity index (χ2n) is 13.3. The summed E-state index contributed by atoms with van der Waals surface area (Å²) < 4.78 is 0. The highest BCUT2D eigenvalue weighted by molar-refractivity contribution is 5.99. The van der Waals surface area contributed by atoms with E-state index in [1.54, 1.807) is 54.6 Å². The number of hydrogen-bond donors (Lipinski definition) is 6. The molecule has 0 spiro atoms. The predicted molar refractivity (Wildman–Crippen MR) is 201 cm³/mol. The Labute approximate surface area is 313 Å². The van der Waals surface area contributed by atoms with Crippen molar-refractivity contribution in [3.8, 4) is 0 Å². The number of nitro benzene ring substituents is 1. The zero-order valence-corrected chi connectivity index (χ0v) is 30.4. The van der Waals surface area contributed by atoms with Gasteiger partial charge in [-0.2, -0.15) is 0 Å². The summed E-state index contributed by atoms with van der Waals surface area (Å²) in [5.74, 6) is -3.47. The Kier molecular flexibility index (Phi) is 14.6. The van der Waals surface area contributed by atoms with E-state index in [2.05, 4.69) is 31.9 Å². The van der Waals surface area contributed by atoms with Gasteiger partial charge in [-0.1, -0.05) is 62.4 Å². The number of non-ortho nitro benzene ring substituents is 1. The SMILES string of the molecule is CC(=O)N1CCC[C@H]1C(=O)N[C@@H](CC(C)C)C(=O)NCC(=O)N[C@@H](Nc1ccc([N+](=O)[O-])cc1)C(=O)N[C@@H](Cc1ccccc1)C(=O)Nc1ccccc1. The van der Waals surface area contributed by atoms with Crippen molar-refractivity contribution in [3.05, 3.63) is 101 Å². The van der Waals surface area contributed by atoms with Crippen molar-refractivity contribution in [1.82, 2.24) is 26.2 Å². The molecule has 0 aromatic heterocycles. The van der Waals surface area contributed by atoms with Crippen LogP contribution in [-0.2, 0) is 35.2 Å². The first-order chi connectivity index (χ1) is 25.8. The Morgan fingerprint density at radius 1 is 0.796 bits per heavy atom. The number of likely N-dealkylation sites (tertiary alicyclic amines) is 1. The summed E-state index contributed by atoms with van der Waals surface area (Å²) in [6.07, 6.45) is -0.0219. The minimum atomic E-state index is -1.51. The fourth-order valence-electron chi connectivity index (χ4n) is 5.97. The standard InChI is InChI=1S/C38H46N8O8/c1-24(2)21-30(42-37(51)32-15-10-20-45(32)25(3)47)35(49)39-23-33(48)44-34(40-28-16-18-29(19-17-28)46(53)54)38(52)43-31(22-26-11-6-4-7-12-26)36(50)41-27-13-8-5-9-14-27/h4-9,11-14,16-19,24,30-32,34,40H,10,15,20-23H2,1-3H3,(H,39,49)(H,41,50)(H,42,51)(H,43,52)(H,44,48)/t30-,31-,32-,34+/m0/s1. The van der Waals surface area contributed by atoms with Gasteiger partial charge in [0.15, 0.2) is 6.17 Å². The number of benzene rings is 3. The van der Waals surface area contributed by atoms with Crippen LogP contribution in [0.3, 0.4) is 0 Å². The Bertz CT molecular complexity index is 1790. The maximum Gasteiger partial charge on any atom is 0.269 e. The summed E-state index contributed by atoms with van der Waals surface area (Å²) in [5, 5.41) is 27.3. The van der Waals surface area contributed by atoms with Crippen LogP contribution >= 0.6 is 0 Å². The van der Waals surface area contributed by atoms with Crippen LogP contribution in [0.15, 0.2) is 84.9 Å². The Balaban J connectivity index is 1.49. The van der Waals surface area contributed by atoms with Crippen molar-refractivity contribution in [1.29, 1.82) is 0 Å². The highest BCUT2D eigenvalue weighted by Crippen LogP contribution is 2.19. The van der Waals surface area contributed by atoms with E-state index in [0.29, 0.717) is 25.1 Å². The van der Waals surface area contributed by atoms with Gasteiger partial charge in [-0.05, 0) is 55.0 Å². The van der Waals surface area contributed by atoms with Crippen molar-refractivity contribution in [2.75, 3.05) is 23.7 Å².